The van der Waals surface area contributed by atoms with Crippen molar-refractivity contribution in [3.63, 3.8) is 0 Å². The number of fused-ring (bicyclic) bond motifs is 5. The Morgan fingerprint density at radius 3 is 2.66 bits per heavy atom. The van der Waals surface area contributed by atoms with E-state index in [1.54, 1.807) is 12.4 Å². The number of carbonyl (C=O) groups is 1. The van der Waals surface area contributed by atoms with Crippen LogP contribution >= 0.6 is 0 Å². The molecular weight excluding hydrogens is 436 g/mol. The van der Waals surface area contributed by atoms with E-state index in [2.05, 4.69) is 31.1 Å². The van der Waals surface area contributed by atoms with Crippen molar-refractivity contribution in [3.05, 3.63) is 30.1 Å². The summed E-state index contributed by atoms with van der Waals surface area (Å²) in [5.74, 6) is 3.33. The third-order valence-electron chi connectivity index (χ3n) is 11.5. The van der Waals surface area contributed by atoms with Gasteiger partial charge in [-0.3, -0.25) is 9.78 Å². The summed E-state index contributed by atoms with van der Waals surface area (Å²) >= 11 is 0. The molecule has 35 heavy (non-hydrogen) atoms. The van der Waals surface area contributed by atoms with Gasteiger partial charge in [0, 0.05) is 25.4 Å². The third kappa shape index (κ3) is 4.56. The highest BCUT2D eigenvalue weighted by Gasteiger charge is 2.62. The third-order valence-corrected chi connectivity index (χ3v) is 11.5. The first-order valence-electron chi connectivity index (χ1n) is 14.2. The maximum absolute atomic E-state index is 12.5. The van der Waals surface area contributed by atoms with Gasteiger partial charge in [-0.15, -0.1) is 0 Å². The number of aromatic nitrogens is 1. The average Bonchev–Trinajstić information content (AvgIpc) is 3.20. The van der Waals surface area contributed by atoms with Crippen LogP contribution in [-0.4, -0.2) is 33.3 Å². The number of hydrogen-bond donors (Lipinski definition) is 3. The maximum atomic E-state index is 12.5. The molecule has 5 rings (SSSR count). The van der Waals surface area contributed by atoms with Gasteiger partial charge in [-0.05, 0) is 116 Å². The second-order valence-corrected chi connectivity index (χ2v) is 13.1. The second-order valence-electron chi connectivity index (χ2n) is 13.1. The lowest BCUT2D eigenvalue weighted by molar-refractivity contribution is -0.174. The molecule has 0 saturated heterocycles. The van der Waals surface area contributed by atoms with Gasteiger partial charge in [0.25, 0.3) is 0 Å². The molecule has 1 heterocycles. The van der Waals surface area contributed by atoms with E-state index in [4.69, 9.17) is 0 Å². The fraction of sp³-hybridized carbons (Fsp3) is 0.800. The van der Waals surface area contributed by atoms with E-state index in [-0.39, 0.29) is 28.9 Å². The van der Waals surface area contributed by atoms with Crippen molar-refractivity contribution in [3.8, 4) is 0 Å². The molecular formula is C30H46N2O3. The highest BCUT2D eigenvalue weighted by atomic mass is 16.3. The SMILES string of the molecule is C[C@@H](CCC(=O)NCc1cccnc1)[C@@H]1CC[C@@H]2[C@H]3[C@H](O)C[C@H]4C[C@@H](O)CC[C@@]4(C)[C@@H]3CC[C@]21C. The van der Waals surface area contributed by atoms with Crippen molar-refractivity contribution in [1.82, 2.24) is 10.3 Å². The number of hydrogen-bond acceptors (Lipinski definition) is 4. The summed E-state index contributed by atoms with van der Waals surface area (Å²) in [6.07, 6.45) is 13.4. The fourth-order valence-electron chi connectivity index (χ4n) is 9.53. The number of carbonyl (C=O) groups excluding carboxylic acids is 1. The van der Waals surface area contributed by atoms with Crippen LogP contribution in [0.1, 0.15) is 90.5 Å². The molecule has 0 unspecified atom stereocenters. The van der Waals surface area contributed by atoms with Crippen LogP contribution in [0.2, 0.25) is 0 Å². The molecule has 1 aromatic heterocycles. The summed E-state index contributed by atoms with van der Waals surface area (Å²) in [5, 5.41) is 24.8. The Kier molecular flexibility index (Phi) is 7.04. The maximum Gasteiger partial charge on any atom is 0.220 e. The summed E-state index contributed by atoms with van der Waals surface area (Å²) < 4.78 is 0. The molecule has 0 aromatic carbocycles. The standard InChI is InChI=1S/C30H46N2O3/c1-19(6-9-27(35)32-18-20-5-4-14-31-17-20)23-7-8-24-28-25(11-13-30(23,24)3)29(2)12-10-22(33)15-21(29)16-26(28)34/h4-5,14,17,19,21-26,28,33-34H,6-13,15-16,18H2,1-3H3,(H,32,35)/t19-,21+,22-,23-,24+,25+,26+,28+,29+,30-/m0/s1. The van der Waals surface area contributed by atoms with Crippen LogP contribution in [0, 0.1) is 46.3 Å². The van der Waals surface area contributed by atoms with E-state index in [0.29, 0.717) is 48.5 Å². The Hall–Kier alpha value is -1.46. The first kappa shape index (κ1) is 25.2. The van der Waals surface area contributed by atoms with Crippen molar-refractivity contribution < 1.29 is 15.0 Å². The fourth-order valence-corrected chi connectivity index (χ4v) is 9.53. The lowest BCUT2D eigenvalue weighted by atomic mass is 9.43. The molecule has 0 radical (unpaired) electrons. The quantitative estimate of drug-likeness (QED) is 0.527. The summed E-state index contributed by atoms with van der Waals surface area (Å²) in [5.41, 5.74) is 1.58. The predicted molar refractivity (Wildman–Crippen MR) is 137 cm³/mol. The van der Waals surface area contributed by atoms with Crippen LogP contribution in [0.25, 0.3) is 0 Å². The Morgan fingerprint density at radius 1 is 1.11 bits per heavy atom. The molecule has 0 bridgehead atoms. The molecule has 3 N–H and O–H groups in total. The van der Waals surface area contributed by atoms with E-state index in [1.807, 2.05) is 12.1 Å². The smallest absolute Gasteiger partial charge is 0.220 e. The van der Waals surface area contributed by atoms with Crippen molar-refractivity contribution in [2.24, 2.45) is 46.3 Å². The molecule has 0 aliphatic heterocycles. The minimum absolute atomic E-state index is 0.130. The Balaban J connectivity index is 1.21. The number of rotatable bonds is 6. The van der Waals surface area contributed by atoms with Gasteiger partial charge >= 0.3 is 0 Å². The molecule has 10 atom stereocenters. The summed E-state index contributed by atoms with van der Waals surface area (Å²) in [4.78, 5) is 16.7. The molecule has 194 valence electrons. The number of nitrogens with one attached hydrogen (secondary N) is 1. The molecule has 0 spiro atoms. The highest BCUT2D eigenvalue weighted by Crippen LogP contribution is 2.68. The predicted octanol–water partition coefficient (Wildman–Crippen LogP) is 5.10. The largest absolute Gasteiger partial charge is 0.393 e. The van der Waals surface area contributed by atoms with Gasteiger partial charge in [0.2, 0.25) is 5.91 Å². The van der Waals surface area contributed by atoms with Crippen LogP contribution in [0.3, 0.4) is 0 Å². The molecule has 4 aliphatic rings. The van der Waals surface area contributed by atoms with Crippen molar-refractivity contribution >= 4 is 5.91 Å². The van der Waals surface area contributed by atoms with E-state index in [9.17, 15) is 15.0 Å². The minimum Gasteiger partial charge on any atom is -0.393 e. The van der Waals surface area contributed by atoms with E-state index in [0.717, 1.165) is 37.7 Å². The van der Waals surface area contributed by atoms with Crippen LogP contribution in [0.4, 0.5) is 0 Å². The molecule has 1 amide bonds. The van der Waals surface area contributed by atoms with Crippen molar-refractivity contribution in [1.29, 1.82) is 0 Å². The zero-order valence-corrected chi connectivity index (χ0v) is 22.0. The molecule has 4 aliphatic carbocycles. The summed E-state index contributed by atoms with van der Waals surface area (Å²) in [7, 11) is 0. The molecule has 5 nitrogen and oxygen atoms in total. The molecule has 1 aromatic rings. The highest BCUT2D eigenvalue weighted by molar-refractivity contribution is 5.75. The lowest BCUT2D eigenvalue weighted by Crippen LogP contribution is -2.58. The first-order chi connectivity index (χ1) is 16.7. The van der Waals surface area contributed by atoms with Gasteiger partial charge in [0.1, 0.15) is 0 Å². The van der Waals surface area contributed by atoms with E-state index >= 15 is 0 Å². The Bertz CT molecular complexity index is 893. The molecule has 4 saturated carbocycles. The molecule has 4 fully saturated rings. The number of nitrogens with zero attached hydrogens (tertiary/aromatic N) is 1. The second kappa shape index (κ2) is 9.78. The first-order valence-corrected chi connectivity index (χ1v) is 14.2. The van der Waals surface area contributed by atoms with Crippen molar-refractivity contribution in [2.45, 2.75) is 104 Å². The zero-order valence-electron chi connectivity index (χ0n) is 22.0. The van der Waals surface area contributed by atoms with Gasteiger partial charge < -0.3 is 15.5 Å². The number of aliphatic hydroxyl groups is 2. The molecule has 5 heteroatoms. The normalized spacial score (nSPS) is 43.5. The average molecular weight is 483 g/mol. The van der Waals surface area contributed by atoms with Gasteiger partial charge in [-0.1, -0.05) is 26.8 Å². The lowest BCUT2D eigenvalue weighted by Gasteiger charge is -2.62. The van der Waals surface area contributed by atoms with E-state index in [1.165, 1.54) is 25.7 Å². The topological polar surface area (TPSA) is 82.5 Å². The van der Waals surface area contributed by atoms with Crippen LogP contribution in [0.5, 0.6) is 0 Å². The number of amides is 1. The van der Waals surface area contributed by atoms with Gasteiger partial charge in [-0.2, -0.15) is 0 Å². The van der Waals surface area contributed by atoms with Crippen LogP contribution in [-0.2, 0) is 11.3 Å². The van der Waals surface area contributed by atoms with Crippen LogP contribution < -0.4 is 5.32 Å². The number of aliphatic hydroxyl groups excluding tert-OH is 2. The van der Waals surface area contributed by atoms with Gasteiger partial charge in [0.15, 0.2) is 0 Å². The number of pyridine rings is 1. The van der Waals surface area contributed by atoms with Gasteiger partial charge in [-0.25, -0.2) is 0 Å². The zero-order chi connectivity index (χ0) is 24.8. The Labute approximate surface area is 211 Å². The monoisotopic (exact) mass is 482 g/mol. The summed E-state index contributed by atoms with van der Waals surface area (Å²) in [6.45, 7) is 7.89. The minimum atomic E-state index is -0.222. The summed E-state index contributed by atoms with van der Waals surface area (Å²) in [6, 6.07) is 3.89. The van der Waals surface area contributed by atoms with E-state index < -0.39 is 0 Å². The van der Waals surface area contributed by atoms with Crippen molar-refractivity contribution in [2.75, 3.05) is 0 Å². The van der Waals surface area contributed by atoms with Gasteiger partial charge in [0.05, 0.1) is 12.2 Å². The van der Waals surface area contributed by atoms with Crippen LogP contribution in [0.15, 0.2) is 24.5 Å². The Morgan fingerprint density at radius 2 is 1.89 bits per heavy atom.